The molecule has 1 unspecified atom stereocenters. The molecule has 1 aromatic heterocycles. The van der Waals surface area contributed by atoms with Crippen LogP contribution in [0.2, 0.25) is 0 Å². The number of H-pyrrole nitrogens is 1. The molecule has 0 amide bonds. The van der Waals surface area contributed by atoms with Gasteiger partial charge in [0.1, 0.15) is 0 Å². The van der Waals surface area contributed by atoms with E-state index < -0.39 is 18.6 Å². The van der Waals surface area contributed by atoms with E-state index in [9.17, 15) is 13.2 Å². The van der Waals surface area contributed by atoms with Gasteiger partial charge in [0.05, 0.1) is 12.6 Å². The van der Waals surface area contributed by atoms with Crippen LogP contribution in [0.3, 0.4) is 0 Å². The molecule has 1 heterocycles. The van der Waals surface area contributed by atoms with Crippen molar-refractivity contribution in [2.24, 2.45) is 0 Å². The van der Waals surface area contributed by atoms with Crippen LogP contribution in [0.1, 0.15) is 23.6 Å². The Morgan fingerprint density at radius 1 is 1.21 bits per heavy atom. The molecule has 0 bridgehead atoms. The van der Waals surface area contributed by atoms with Gasteiger partial charge in [-0.1, -0.05) is 30.3 Å². The van der Waals surface area contributed by atoms with Crippen LogP contribution in [0.4, 0.5) is 13.2 Å². The molecule has 0 saturated carbocycles. The van der Waals surface area contributed by atoms with Gasteiger partial charge < -0.3 is 5.32 Å². The SMILES string of the molecule is FC(F)(F)CC(NCc1cn[nH]c1)c1ccccc1. The lowest BCUT2D eigenvalue weighted by Crippen LogP contribution is -2.26. The number of aromatic nitrogens is 2. The maximum atomic E-state index is 12.6. The summed E-state index contributed by atoms with van der Waals surface area (Å²) >= 11 is 0. The van der Waals surface area contributed by atoms with Crippen molar-refractivity contribution in [2.45, 2.75) is 25.2 Å². The molecule has 0 aliphatic rings. The Kier molecular flexibility index (Phi) is 4.21. The molecule has 2 N–H and O–H groups in total. The van der Waals surface area contributed by atoms with E-state index >= 15 is 0 Å². The zero-order chi connectivity index (χ0) is 13.7. The van der Waals surface area contributed by atoms with Crippen LogP contribution in [0.25, 0.3) is 0 Å². The van der Waals surface area contributed by atoms with Crippen LogP contribution in [0.15, 0.2) is 42.7 Å². The van der Waals surface area contributed by atoms with Crippen LogP contribution < -0.4 is 5.32 Å². The molecule has 0 radical (unpaired) electrons. The van der Waals surface area contributed by atoms with Crippen molar-refractivity contribution in [3.63, 3.8) is 0 Å². The highest BCUT2D eigenvalue weighted by molar-refractivity contribution is 5.19. The van der Waals surface area contributed by atoms with Gasteiger partial charge in [0.15, 0.2) is 0 Å². The van der Waals surface area contributed by atoms with Gasteiger partial charge in [0.25, 0.3) is 0 Å². The molecule has 0 saturated heterocycles. The molecule has 6 heteroatoms. The average Bonchev–Trinajstić information content (AvgIpc) is 2.87. The molecule has 0 spiro atoms. The van der Waals surface area contributed by atoms with Gasteiger partial charge in [-0.2, -0.15) is 18.3 Å². The summed E-state index contributed by atoms with van der Waals surface area (Å²) in [5, 5.41) is 9.30. The van der Waals surface area contributed by atoms with Crippen LogP contribution in [-0.2, 0) is 6.54 Å². The Hall–Kier alpha value is -1.82. The van der Waals surface area contributed by atoms with Gasteiger partial charge in [0.2, 0.25) is 0 Å². The monoisotopic (exact) mass is 269 g/mol. The number of hydrogen-bond donors (Lipinski definition) is 2. The molecular weight excluding hydrogens is 255 g/mol. The third kappa shape index (κ3) is 4.40. The van der Waals surface area contributed by atoms with Crippen molar-refractivity contribution in [2.75, 3.05) is 0 Å². The third-order valence-corrected chi connectivity index (χ3v) is 2.74. The van der Waals surface area contributed by atoms with Crippen molar-refractivity contribution >= 4 is 0 Å². The zero-order valence-corrected chi connectivity index (χ0v) is 10.1. The largest absolute Gasteiger partial charge is 0.390 e. The summed E-state index contributed by atoms with van der Waals surface area (Å²) in [7, 11) is 0. The normalized spacial score (nSPS) is 13.4. The number of alkyl halides is 3. The van der Waals surface area contributed by atoms with E-state index in [0.717, 1.165) is 5.56 Å². The quantitative estimate of drug-likeness (QED) is 0.875. The summed E-state index contributed by atoms with van der Waals surface area (Å²) in [4.78, 5) is 0. The highest BCUT2D eigenvalue weighted by Crippen LogP contribution is 2.29. The molecule has 0 aliphatic heterocycles. The van der Waals surface area contributed by atoms with Gasteiger partial charge in [0, 0.05) is 24.3 Å². The van der Waals surface area contributed by atoms with Gasteiger partial charge in [-0.25, -0.2) is 0 Å². The fourth-order valence-corrected chi connectivity index (χ4v) is 1.84. The second kappa shape index (κ2) is 5.88. The lowest BCUT2D eigenvalue weighted by molar-refractivity contribution is -0.140. The highest BCUT2D eigenvalue weighted by atomic mass is 19.4. The van der Waals surface area contributed by atoms with Gasteiger partial charge in [-0.15, -0.1) is 0 Å². The Balaban J connectivity index is 2.06. The van der Waals surface area contributed by atoms with Crippen molar-refractivity contribution in [1.82, 2.24) is 15.5 Å². The van der Waals surface area contributed by atoms with Gasteiger partial charge in [-0.3, -0.25) is 5.10 Å². The standard InChI is InChI=1S/C13H14F3N3/c14-13(15,16)6-12(11-4-2-1-3-5-11)17-7-10-8-18-19-9-10/h1-5,8-9,12,17H,6-7H2,(H,18,19). The minimum atomic E-state index is -4.20. The van der Waals surface area contributed by atoms with E-state index in [-0.39, 0.29) is 0 Å². The van der Waals surface area contributed by atoms with E-state index in [1.54, 1.807) is 42.7 Å². The molecule has 19 heavy (non-hydrogen) atoms. The van der Waals surface area contributed by atoms with Crippen molar-refractivity contribution in [1.29, 1.82) is 0 Å². The molecule has 2 rings (SSSR count). The average molecular weight is 269 g/mol. The number of halogens is 3. The van der Waals surface area contributed by atoms with E-state index in [1.807, 2.05) is 0 Å². The smallest absolute Gasteiger partial charge is 0.305 e. The van der Waals surface area contributed by atoms with Crippen LogP contribution in [0.5, 0.6) is 0 Å². The van der Waals surface area contributed by atoms with Crippen LogP contribution in [0, 0.1) is 0 Å². The first-order valence-corrected chi connectivity index (χ1v) is 5.87. The minimum absolute atomic E-state index is 0.339. The molecule has 0 fully saturated rings. The number of nitrogens with zero attached hydrogens (tertiary/aromatic N) is 1. The summed E-state index contributed by atoms with van der Waals surface area (Å²) < 4.78 is 37.8. The summed E-state index contributed by atoms with van der Waals surface area (Å²) in [5.74, 6) is 0. The Morgan fingerprint density at radius 3 is 2.53 bits per heavy atom. The van der Waals surface area contributed by atoms with Crippen LogP contribution in [-0.4, -0.2) is 16.4 Å². The van der Waals surface area contributed by atoms with Crippen molar-refractivity contribution < 1.29 is 13.2 Å². The van der Waals surface area contributed by atoms with Gasteiger partial charge in [-0.05, 0) is 5.56 Å². The zero-order valence-electron chi connectivity index (χ0n) is 10.1. The first-order valence-electron chi connectivity index (χ1n) is 5.87. The van der Waals surface area contributed by atoms with E-state index in [4.69, 9.17) is 0 Å². The fraction of sp³-hybridized carbons (Fsp3) is 0.308. The molecule has 1 aromatic carbocycles. The number of benzene rings is 1. The summed E-state index contributed by atoms with van der Waals surface area (Å²) in [6.07, 6.45) is -1.86. The molecule has 0 aliphatic carbocycles. The predicted molar refractivity (Wildman–Crippen MR) is 65.3 cm³/mol. The summed E-state index contributed by atoms with van der Waals surface area (Å²) in [6, 6.07) is 7.88. The number of aromatic amines is 1. The lowest BCUT2D eigenvalue weighted by atomic mass is 10.0. The molecule has 3 nitrogen and oxygen atoms in total. The maximum absolute atomic E-state index is 12.6. The fourth-order valence-electron chi connectivity index (χ4n) is 1.84. The Labute approximate surface area is 108 Å². The summed E-state index contributed by atoms with van der Waals surface area (Å²) in [6.45, 7) is 0.339. The second-order valence-electron chi connectivity index (χ2n) is 4.27. The summed E-state index contributed by atoms with van der Waals surface area (Å²) in [5.41, 5.74) is 1.45. The van der Waals surface area contributed by atoms with Crippen molar-refractivity contribution in [3.8, 4) is 0 Å². The first-order chi connectivity index (χ1) is 9.04. The van der Waals surface area contributed by atoms with E-state index in [0.29, 0.717) is 12.1 Å². The van der Waals surface area contributed by atoms with E-state index in [1.165, 1.54) is 0 Å². The second-order valence-corrected chi connectivity index (χ2v) is 4.27. The van der Waals surface area contributed by atoms with Gasteiger partial charge >= 0.3 is 6.18 Å². The number of nitrogens with one attached hydrogen (secondary N) is 2. The minimum Gasteiger partial charge on any atom is -0.305 e. The third-order valence-electron chi connectivity index (χ3n) is 2.74. The van der Waals surface area contributed by atoms with E-state index in [2.05, 4.69) is 15.5 Å². The van der Waals surface area contributed by atoms with Crippen LogP contribution >= 0.6 is 0 Å². The number of hydrogen-bond acceptors (Lipinski definition) is 2. The molecule has 2 aromatic rings. The molecular formula is C13H14F3N3. The highest BCUT2D eigenvalue weighted by Gasteiger charge is 2.32. The Bertz CT molecular complexity index is 480. The predicted octanol–water partition coefficient (Wildman–Crippen LogP) is 3.19. The molecule has 1 atom stereocenters. The topological polar surface area (TPSA) is 40.7 Å². The Morgan fingerprint density at radius 2 is 1.95 bits per heavy atom. The lowest BCUT2D eigenvalue weighted by Gasteiger charge is -2.20. The van der Waals surface area contributed by atoms with Crippen molar-refractivity contribution in [3.05, 3.63) is 53.9 Å². The first kappa shape index (κ1) is 13.6. The number of rotatable bonds is 5. The molecule has 102 valence electrons. The maximum Gasteiger partial charge on any atom is 0.390 e.